The molecule has 3 atom stereocenters. The second kappa shape index (κ2) is 7.14. The fourth-order valence-electron chi connectivity index (χ4n) is 3.79. The van der Waals surface area contributed by atoms with E-state index in [0.29, 0.717) is 25.9 Å². The molecule has 2 N–H and O–H groups in total. The summed E-state index contributed by atoms with van der Waals surface area (Å²) < 4.78 is 5.77. The van der Waals surface area contributed by atoms with Crippen molar-refractivity contribution < 1.29 is 9.53 Å². The Bertz CT molecular complexity index is 620. The van der Waals surface area contributed by atoms with Gasteiger partial charge in [-0.2, -0.15) is 5.26 Å². The monoisotopic (exact) mass is 312 g/mol. The molecule has 4 heteroatoms. The van der Waals surface area contributed by atoms with E-state index in [-0.39, 0.29) is 23.8 Å². The minimum absolute atomic E-state index is 0.159. The van der Waals surface area contributed by atoms with Crippen molar-refractivity contribution in [2.45, 2.75) is 51.0 Å². The van der Waals surface area contributed by atoms with Gasteiger partial charge in [0.1, 0.15) is 0 Å². The second-order valence-electron chi connectivity index (χ2n) is 6.78. The van der Waals surface area contributed by atoms with E-state index in [1.807, 2.05) is 0 Å². The minimum Gasteiger partial charge on any atom is -0.377 e. The van der Waals surface area contributed by atoms with Gasteiger partial charge in [0.05, 0.1) is 18.1 Å². The van der Waals surface area contributed by atoms with Crippen LogP contribution in [-0.2, 0) is 28.8 Å². The van der Waals surface area contributed by atoms with Crippen molar-refractivity contribution in [1.82, 2.24) is 0 Å². The first-order chi connectivity index (χ1) is 11.2. The van der Waals surface area contributed by atoms with Gasteiger partial charge in [-0.05, 0) is 61.6 Å². The van der Waals surface area contributed by atoms with Crippen LogP contribution in [0.4, 0.5) is 0 Å². The number of hydrogen-bond donors (Lipinski definition) is 1. The third kappa shape index (κ3) is 3.73. The lowest BCUT2D eigenvalue weighted by molar-refractivity contribution is -0.127. The van der Waals surface area contributed by atoms with Crippen LogP contribution in [0, 0.1) is 23.2 Å². The van der Waals surface area contributed by atoms with Gasteiger partial charge in [0.2, 0.25) is 5.91 Å². The quantitative estimate of drug-likeness (QED) is 0.928. The van der Waals surface area contributed by atoms with Crippen molar-refractivity contribution in [2.24, 2.45) is 17.6 Å². The zero-order valence-electron chi connectivity index (χ0n) is 13.5. The number of carbonyl (C=O) groups is 1. The number of carbonyl (C=O) groups excluding carboxylic acids is 1. The molecule has 0 saturated carbocycles. The number of nitrogens with two attached hydrogens (primary N) is 1. The predicted octanol–water partition coefficient (Wildman–Crippen LogP) is 2.53. The molecule has 1 heterocycles. The molecule has 4 nitrogen and oxygen atoms in total. The van der Waals surface area contributed by atoms with Gasteiger partial charge in [0.25, 0.3) is 0 Å². The zero-order chi connectivity index (χ0) is 16.2. The largest absolute Gasteiger partial charge is 0.377 e. The SMILES string of the molecule is N#CC(Cc1ccc2c(c1)CCCC2)C1CC(C(N)=O)CCO1. The van der Waals surface area contributed by atoms with Crippen molar-refractivity contribution in [1.29, 1.82) is 5.26 Å². The molecule has 0 aromatic heterocycles. The van der Waals surface area contributed by atoms with Gasteiger partial charge < -0.3 is 10.5 Å². The number of amides is 1. The molecule has 1 saturated heterocycles. The van der Waals surface area contributed by atoms with Crippen LogP contribution in [0.15, 0.2) is 18.2 Å². The van der Waals surface area contributed by atoms with Crippen LogP contribution in [0.3, 0.4) is 0 Å². The van der Waals surface area contributed by atoms with Gasteiger partial charge >= 0.3 is 0 Å². The van der Waals surface area contributed by atoms with Crippen molar-refractivity contribution in [3.05, 3.63) is 34.9 Å². The summed E-state index contributed by atoms with van der Waals surface area (Å²) in [5.41, 5.74) is 9.51. The topological polar surface area (TPSA) is 76.1 Å². The summed E-state index contributed by atoms with van der Waals surface area (Å²) in [5.74, 6) is -0.657. The number of nitrogens with zero attached hydrogens (tertiary/aromatic N) is 1. The molecule has 122 valence electrons. The summed E-state index contributed by atoms with van der Waals surface area (Å²) in [5, 5.41) is 9.56. The van der Waals surface area contributed by atoms with Crippen molar-refractivity contribution in [3.8, 4) is 6.07 Å². The molecule has 3 unspecified atom stereocenters. The van der Waals surface area contributed by atoms with E-state index in [1.165, 1.54) is 36.0 Å². The summed E-state index contributed by atoms with van der Waals surface area (Å²) in [6.45, 7) is 0.515. The third-order valence-electron chi connectivity index (χ3n) is 5.20. The standard InChI is InChI=1S/C19H24N2O2/c20-12-17(18-11-16(19(21)22)7-8-23-18)10-13-5-6-14-3-1-2-4-15(14)9-13/h5-6,9,16-18H,1-4,7-8,10-11H2,(H2,21,22). The lowest BCUT2D eigenvalue weighted by Crippen LogP contribution is -2.37. The van der Waals surface area contributed by atoms with Gasteiger partial charge in [-0.3, -0.25) is 4.79 Å². The molecule has 1 aliphatic heterocycles. The zero-order valence-corrected chi connectivity index (χ0v) is 13.5. The fraction of sp³-hybridized carbons (Fsp3) is 0.579. The Balaban J connectivity index is 1.70. The fourth-order valence-corrected chi connectivity index (χ4v) is 3.79. The van der Waals surface area contributed by atoms with Crippen molar-refractivity contribution in [2.75, 3.05) is 6.61 Å². The average molecular weight is 312 g/mol. The molecule has 1 aliphatic carbocycles. The van der Waals surface area contributed by atoms with E-state index >= 15 is 0 Å². The van der Waals surface area contributed by atoms with Gasteiger partial charge in [0.15, 0.2) is 0 Å². The molecule has 0 radical (unpaired) electrons. The molecule has 1 amide bonds. The Morgan fingerprint density at radius 2 is 2.13 bits per heavy atom. The number of aryl methyl sites for hydroxylation is 2. The number of nitriles is 1. The second-order valence-corrected chi connectivity index (χ2v) is 6.78. The molecule has 1 aromatic carbocycles. The number of hydrogen-bond acceptors (Lipinski definition) is 3. The Morgan fingerprint density at radius 1 is 1.35 bits per heavy atom. The van der Waals surface area contributed by atoms with Gasteiger partial charge in [-0.15, -0.1) is 0 Å². The van der Waals surface area contributed by atoms with E-state index in [2.05, 4.69) is 24.3 Å². The number of primary amides is 1. The highest BCUT2D eigenvalue weighted by Crippen LogP contribution is 2.28. The highest BCUT2D eigenvalue weighted by molar-refractivity contribution is 5.76. The van der Waals surface area contributed by atoms with Crippen molar-refractivity contribution >= 4 is 5.91 Å². The highest BCUT2D eigenvalue weighted by atomic mass is 16.5. The van der Waals surface area contributed by atoms with Crippen LogP contribution in [0.25, 0.3) is 0 Å². The summed E-state index contributed by atoms with van der Waals surface area (Å²) in [7, 11) is 0. The molecule has 23 heavy (non-hydrogen) atoms. The van der Waals surface area contributed by atoms with Gasteiger partial charge in [-0.25, -0.2) is 0 Å². The number of benzene rings is 1. The maximum atomic E-state index is 11.4. The maximum absolute atomic E-state index is 11.4. The lowest BCUT2D eigenvalue weighted by atomic mass is 9.84. The third-order valence-corrected chi connectivity index (χ3v) is 5.20. The lowest BCUT2D eigenvalue weighted by Gasteiger charge is -2.30. The Labute approximate surface area is 137 Å². The normalized spacial score (nSPS) is 25.2. The van der Waals surface area contributed by atoms with E-state index < -0.39 is 0 Å². The molecule has 2 aliphatic rings. The molecule has 0 spiro atoms. The van der Waals surface area contributed by atoms with E-state index in [0.717, 1.165) is 6.42 Å². The van der Waals surface area contributed by atoms with Crippen LogP contribution < -0.4 is 5.73 Å². The van der Waals surface area contributed by atoms with Crippen LogP contribution in [-0.4, -0.2) is 18.6 Å². The van der Waals surface area contributed by atoms with Crippen LogP contribution >= 0.6 is 0 Å². The van der Waals surface area contributed by atoms with Crippen molar-refractivity contribution in [3.63, 3.8) is 0 Å². The summed E-state index contributed by atoms with van der Waals surface area (Å²) in [6.07, 6.45) is 6.57. The summed E-state index contributed by atoms with van der Waals surface area (Å²) in [4.78, 5) is 11.4. The molecular weight excluding hydrogens is 288 g/mol. The maximum Gasteiger partial charge on any atom is 0.220 e. The Kier molecular flexibility index (Phi) is 4.97. The van der Waals surface area contributed by atoms with Crippen LogP contribution in [0.2, 0.25) is 0 Å². The Morgan fingerprint density at radius 3 is 2.87 bits per heavy atom. The van der Waals surface area contributed by atoms with Crippen LogP contribution in [0.5, 0.6) is 0 Å². The van der Waals surface area contributed by atoms with Gasteiger partial charge in [-0.1, -0.05) is 18.2 Å². The predicted molar refractivity (Wildman–Crippen MR) is 87.5 cm³/mol. The number of rotatable bonds is 4. The molecule has 3 rings (SSSR count). The number of fused-ring (bicyclic) bond motifs is 1. The highest BCUT2D eigenvalue weighted by Gasteiger charge is 2.32. The Hall–Kier alpha value is -1.86. The summed E-state index contributed by atoms with van der Waals surface area (Å²) in [6, 6.07) is 9.00. The van der Waals surface area contributed by atoms with E-state index in [1.54, 1.807) is 0 Å². The first kappa shape index (κ1) is 16.0. The summed E-state index contributed by atoms with van der Waals surface area (Å²) >= 11 is 0. The molecule has 1 fully saturated rings. The first-order valence-corrected chi connectivity index (χ1v) is 8.58. The van der Waals surface area contributed by atoms with Gasteiger partial charge in [0, 0.05) is 12.5 Å². The molecule has 1 aromatic rings. The van der Waals surface area contributed by atoms with Crippen LogP contribution in [0.1, 0.15) is 42.4 Å². The molecule has 0 bridgehead atoms. The number of ether oxygens (including phenoxy) is 1. The first-order valence-electron chi connectivity index (χ1n) is 8.58. The smallest absolute Gasteiger partial charge is 0.220 e. The van der Waals surface area contributed by atoms with E-state index in [4.69, 9.17) is 10.5 Å². The average Bonchev–Trinajstić information content (AvgIpc) is 2.59. The minimum atomic E-state index is -0.274. The van der Waals surface area contributed by atoms with E-state index in [9.17, 15) is 10.1 Å². The molecular formula is C19H24N2O2.